The van der Waals surface area contributed by atoms with E-state index in [-0.39, 0.29) is 23.7 Å². The number of urea groups is 1. The smallest absolute Gasteiger partial charge is 0.319 e. The van der Waals surface area contributed by atoms with Crippen LogP contribution in [0.5, 0.6) is 17.2 Å². The number of hydrogen-bond acceptors (Lipinski definition) is 5. The van der Waals surface area contributed by atoms with Crippen molar-refractivity contribution in [3.05, 3.63) is 78.4 Å². The molecule has 2 atom stereocenters. The molecule has 2 bridgehead atoms. The predicted octanol–water partition coefficient (Wildman–Crippen LogP) is 7.39. The van der Waals surface area contributed by atoms with Crippen LogP contribution in [0.25, 0.3) is 0 Å². The molecule has 2 unspecified atom stereocenters. The van der Waals surface area contributed by atoms with Gasteiger partial charge in [0.05, 0.1) is 0 Å². The number of amides is 3. The number of benzene rings is 3. The number of nitrogens with one attached hydrogen (secondary N) is 3. The molecule has 2 heterocycles. The van der Waals surface area contributed by atoms with Crippen LogP contribution in [0.15, 0.2) is 72.8 Å². The van der Waals surface area contributed by atoms with E-state index in [9.17, 15) is 9.59 Å². The van der Waals surface area contributed by atoms with Crippen LogP contribution in [0.4, 0.5) is 16.2 Å². The van der Waals surface area contributed by atoms with Gasteiger partial charge in [0.1, 0.15) is 17.2 Å². The summed E-state index contributed by atoms with van der Waals surface area (Å²) in [6.45, 7) is 4.10. The van der Waals surface area contributed by atoms with Crippen LogP contribution in [0.2, 0.25) is 0 Å². The number of ether oxygens (including phenoxy) is 2. The fraction of sp³-hybridized carbons (Fsp3) is 0.394. The van der Waals surface area contributed by atoms with E-state index < -0.39 is 0 Å². The van der Waals surface area contributed by atoms with E-state index in [1.54, 1.807) is 48.5 Å². The van der Waals surface area contributed by atoms with E-state index in [0.29, 0.717) is 34.5 Å². The third kappa shape index (κ3) is 6.82. The molecule has 8 heteroatoms. The lowest BCUT2D eigenvalue weighted by Gasteiger charge is -2.42. The third-order valence-electron chi connectivity index (χ3n) is 8.37. The fourth-order valence-electron chi connectivity index (χ4n) is 5.81. The molecule has 3 aromatic carbocycles. The Morgan fingerprint density at radius 1 is 0.829 bits per heavy atom. The van der Waals surface area contributed by atoms with E-state index in [0.717, 1.165) is 31.4 Å². The monoisotopic (exact) mass is 556 g/mol. The van der Waals surface area contributed by atoms with Crippen LogP contribution in [0.3, 0.4) is 0 Å². The van der Waals surface area contributed by atoms with Gasteiger partial charge >= 0.3 is 6.03 Å². The average Bonchev–Trinajstić information content (AvgIpc) is 3.14. The molecule has 2 aliphatic rings. The minimum Gasteiger partial charge on any atom is -0.473 e. The minimum atomic E-state index is -0.215. The van der Waals surface area contributed by atoms with Crippen LogP contribution < -0.4 is 25.4 Å². The molecule has 2 aliphatic heterocycles. The van der Waals surface area contributed by atoms with Gasteiger partial charge in [-0.1, -0.05) is 13.8 Å². The molecular formula is C33H40N4O4. The molecule has 0 radical (unpaired) electrons. The zero-order chi connectivity index (χ0) is 28.8. The summed E-state index contributed by atoms with van der Waals surface area (Å²) in [6.07, 6.45) is 7.50. The molecule has 41 heavy (non-hydrogen) atoms. The van der Waals surface area contributed by atoms with Crippen molar-refractivity contribution in [2.75, 3.05) is 17.7 Å². The third-order valence-corrected chi connectivity index (χ3v) is 8.37. The van der Waals surface area contributed by atoms with E-state index in [2.05, 4.69) is 41.7 Å². The van der Waals surface area contributed by atoms with Crippen molar-refractivity contribution in [3.63, 3.8) is 0 Å². The minimum absolute atomic E-state index is 0.161. The Bertz CT molecular complexity index is 1320. The van der Waals surface area contributed by atoms with Gasteiger partial charge in [-0.25, -0.2) is 4.79 Å². The molecule has 0 spiro atoms. The average molecular weight is 557 g/mol. The van der Waals surface area contributed by atoms with Crippen molar-refractivity contribution >= 4 is 23.3 Å². The standard InChI is InChI=1S/C33H40N4O4/c1-4-24(5-2)35-32(39)36-26-12-18-29(19-13-26)40-28-16-10-25(11-17-28)34-31(38)23-8-14-30(15-9-23)41-33-21-6-7-27(20-22-33)37(33)3/h8-19,24,27H,4-7,20-22H2,1-3H3,(H,34,38)(H2,35,36,39). The van der Waals surface area contributed by atoms with Gasteiger partial charge in [0, 0.05) is 41.9 Å². The summed E-state index contributed by atoms with van der Waals surface area (Å²) in [5.74, 6) is 1.89. The molecule has 0 aromatic heterocycles. The summed E-state index contributed by atoms with van der Waals surface area (Å²) in [4.78, 5) is 27.4. The van der Waals surface area contributed by atoms with Gasteiger partial charge in [0.15, 0.2) is 5.72 Å². The van der Waals surface area contributed by atoms with E-state index in [4.69, 9.17) is 9.47 Å². The van der Waals surface area contributed by atoms with Crippen molar-refractivity contribution in [3.8, 4) is 17.2 Å². The van der Waals surface area contributed by atoms with E-state index in [1.165, 1.54) is 19.3 Å². The molecule has 3 amide bonds. The topological polar surface area (TPSA) is 91.9 Å². The van der Waals surface area contributed by atoms with Gasteiger partial charge in [0.25, 0.3) is 5.91 Å². The van der Waals surface area contributed by atoms with Gasteiger partial charge in [0.2, 0.25) is 0 Å². The Hall–Kier alpha value is -4.04. The van der Waals surface area contributed by atoms with Crippen LogP contribution in [0.1, 0.15) is 69.2 Å². The molecule has 2 saturated heterocycles. The first-order chi connectivity index (χ1) is 19.9. The Kier molecular flexibility index (Phi) is 8.78. The van der Waals surface area contributed by atoms with Crippen LogP contribution in [0, 0.1) is 0 Å². The Balaban J connectivity index is 1.11. The van der Waals surface area contributed by atoms with Crippen LogP contribution in [-0.2, 0) is 0 Å². The summed E-state index contributed by atoms with van der Waals surface area (Å²) < 4.78 is 12.4. The number of anilines is 2. The van der Waals surface area contributed by atoms with Crippen molar-refractivity contribution in [2.45, 2.75) is 76.6 Å². The molecule has 2 fully saturated rings. The summed E-state index contributed by atoms with van der Waals surface area (Å²) in [7, 11) is 2.17. The number of hydrogen-bond donors (Lipinski definition) is 3. The zero-order valence-electron chi connectivity index (χ0n) is 24.1. The Morgan fingerprint density at radius 2 is 1.41 bits per heavy atom. The summed E-state index contributed by atoms with van der Waals surface area (Å²) >= 11 is 0. The summed E-state index contributed by atoms with van der Waals surface area (Å²) in [5, 5.41) is 8.74. The second kappa shape index (κ2) is 12.6. The second-order valence-electron chi connectivity index (χ2n) is 11.0. The molecular weight excluding hydrogens is 516 g/mol. The molecule has 3 N–H and O–H groups in total. The molecule has 5 rings (SSSR count). The van der Waals surface area contributed by atoms with Gasteiger partial charge in [-0.15, -0.1) is 0 Å². The highest BCUT2D eigenvalue weighted by Crippen LogP contribution is 2.44. The van der Waals surface area contributed by atoms with Crippen molar-refractivity contribution in [1.29, 1.82) is 0 Å². The fourth-order valence-corrected chi connectivity index (χ4v) is 5.81. The number of fused-ring (bicyclic) bond motifs is 2. The first-order valence-corrected chi connectivity index (χ1v) is 14.7. The quantitative estimate of drug-likeness (QED) is 0.242. The van der Waals surface area contributed by atoms with Crippen LogP contribution >= 0.6 is 0 Å². The highest BCUT2D eigenvalue weighted by atomic mass is 16.5. The lowest BCUT2D eigenvalue weighted by Crippen LogP contribution is -2.51. The molecule has 0 saturated carbocycles. The van der Waals surface area contributed by atoms with E-state index >= 15 is 0 Å². The second-order valence-corrected chi connectivity index (χ2v) is 11.0. The van der Waals surface area contributed by atoms with Gasteiger partial charge in [-0.2, -0.15) is 0 Å². The lowest BCUT2D eigenvalue weighted by atomic mass is 10.0. The first kappa shape index (κ1) is 28.5. The van der Waals surface area contributed by atoms with Crippen molar-refractivity contribution in [1.82, 2.24) is 10.2 Å². The number of rotatable bonds is 10. The molecule has 0 aliphatic carbocycles. The maximum absolute atomic E-state index is 12.8. The highest BCUT2D eigenvalue weighted by Gasteiger charge is 2.48. The Morgan fingerprint density at radius 3 is 2.02 bits per heavy atom. The largest absolute Gasteiger partial charge is 0.473 e. The summed E-state index contributed by atoms with van der Waals surface area (Å²) in [5.41, 5.74) is 1.72. The maximum atomic E-state index is 12.8. The van der Waals surface area contributed by atoms with Gasteiger partial charge in [-0.3, -0.25) is 9.69 Å². The van der Waals surface area contributed by atoms with E-state index in [1.807, 2.05) is 24.3 Å². The first-order valence-electron chi connectivity index (χ1n) is 14.7. The van der Waals surface area contributed by atoms with Gasteiger partial charge in [-0.05, 0) is 112 Å². The molecule has 8 nitrogen and oxygen atoms in total. The van der Waals surface area contributed by atoms with Crippen molar-refractivity contribution < 1.29 is 19.1 Å². The maximum Gasteiger partial charge on any atom is 0.319 e. The predicted molar refractivity (Wildman–Crippen MR) is 162 cm³/mol. The normalized spacial score (nSPS) is 20.0. The molecule has 3 aromatic rings. The lowest BCUT2D eigenvalue weighted by molar-refractivity contribution is -0.0823. The SMILES string of the molecule is CCC(CC)NC(=O)Nc1ccc(Oc2ccc(NC(=O)c3ccc(OC45CCCC(CC4)N5C)cc3)cc2)cc1. The van der Waals surface area contributed by atoms with Crippen molar-refractivity contribution in [2.24, 2.45) is 0 Å². The number of carbonyl (C=O) groups is 2. The highest BCUT2D eigenvalue weighted by molar-refractivity contribution is 6.04. The summed E-state index contributed by atoms with van der Waals surface area (Å²) in [6, 6.07) is 22.3. The van der Waals surface area contributed by atoms with Crippen LogP contribution in [-0.4, -0.2) is 41.7 Å². The number of piperidine rings is 1. The van der Waals surface area contributed by atoms with Gasteiger partial charge < -0.3 is 25.4 Å². The molecule has 216 valence electrons. The zero-order valence-corrected chi connectivity index (χ0v) is 24.1. The number of carbonyl (C=O) groups excluding carboxylic acids is 2. The Labute approximate surface area is 242 Å². The number of nitrogens with zero attached hydrogens (tertiary/aromatic N) is 1.